The van der Waals surface area contributed by atoms with Gasteiger partial charge in [0.05, 0.1) is 5.69 Å². The van der Waals surface area contributed by atoms with Crippen LogP contribution in [0.5, 0.6) is 0 Å². The number of furan rings is 1. The Morgan fingerprint density at radius 1 is 0.460 bits per heavy atom. The highest BCUT2D eigenvalue weighted by Crippen LogP contribution is 2.43. The van der Waals surface area contributed by atoms with Crippen molar-refractivity contribution >= 4 is 54.7 Å². The molecule has 0 fully saturated rings. The van der Waals surface area contributed by atoms with E-state index in [0.717, 1.165) is 65.7 Å². The maximum atomic E-state index is 16.5. The van der Waals surface area contributed by atoms with Crippen molar-refractivity contribution in [2.24, 2.45) is 4.99 Å². The molecule has 3 nitrogen and oxygen atoms in total. The molecule has 0 radical (unpaired) electrons. The zero-order valence-corrected chi connectivity index (χ0v) is 26.9. The first-order valence-corrected chi connectivity index (χ1v) is 16.8. The molecule has 0 bridgehead atoms. The molecule has 1 aliphatic rings. The summed E-state index contributed by atoms with van der Waals surface area (Å²) in [4.78, 5) is 5.16. The Morgan fingerprint density at radius 2 is 0.960 bits per heavy atom. The van der Waals surface area contributed by atoms with Gasteiger partial charge < -0.3 is 9.73 Å². The lowest BCUT2D eigenvalue weighted by molar-refractivity contribution is 0.585. The molecule has 1 aromatic heterocycles. The third-order valence-corrected chi connectivity index (χ3v) is 9.97. The van der Waals surface area contributed by atoms with Gasteiger partial charge in [-0.1, -0.05) is 140 Å². The van der Waals surface area contributed by atoms with E-state index >= 15 is 4.39 Å². The van der Waals surface area contributed by atoms with E-state index in [1.165, 1.54) is 11.1 Å². The molecule has 1 aliphatic heterocycles. The Balaban J connectivity index is 1.13. The molecule has 10 rings (SSSR count). The summed E-state index contributed by atoms with van der Waals surface area (Å²) in [5.41, 5.74) is 8.16. The fourth-order valence-electron chi connectivity index (χ4n) is 7.53. The Bertz CT molecular complexity index is 2780. The van der Waals surface area contributed by atoms with Gasteiger partial charge in [-0.3, -0.25) is 4.99 Å². The minimum absolute atomic E-state index is 0.304. The van der Waals surface area contributed by atoms with Crippen LogP contribution in [0.2, 0.25) is 0 Å². The molecule has 1 atom stereocenters. The SMILES string of the molecule is Fc1cc2c3ccccc3c3ccccc3c2cc1C1N=C(c2ccccc2)c2oc3ccc(-c4ccc(-c5ccccc5)cc4)cc3c2N1. The van der Waals surface area contributed by atoms with Gasteiger partial charge in [-0.05, 0) is 78.8 Å². The molecule has 0 amide bonds. The first kappa shape index (κ1) is 28.5. The molecule has 0 saturated carbocycles. The topological polar surface area (TPSA) is 37.5 Å². The zero-order chi connectivity index (χ0) is 33.2. The van der Waals surface area contributed by atoms with Crippen LogP contribution < -0.4 is 5.32 Å². The van der Waals surface area contributed by atoms with Crippen LogP contribution in [0.4, 0.5) is 10.1 Å². The van der Waals surface area contributed by atoms with Gasteiger partial charge in [0.25, 0.3) is 0 Å². The minimum atomic E-state index is -0.679. The summed E-state index contributed by atoms with van der Waals surface area (Å²) < 4.78 is 23.0. The zero-order valence-electron chi connectivity index (χ0n) is 26.9. The van der Waals surface area contributed by atoms with Crippen LogP contribution in [0.1, 0.15) is 23.1 Å². The van der Waals surface area contributed by atoms with E-state index in [-0.39, 0.29) is 5.82 Å². The molecular weight excluding hydrogens is 616 g/mol. The summed E-state index contributed by atoms with van der Waals surface area (Å²) in [5.74, 6) is 0.346. The van der Waals surface area contributed by atoms with Gasteiger partial charge in [-0.15, -0.1) is 0 Å². The number of hydrogen-bond donors (Lipinski definition) is 1. The highest BCUT2D eigenvalue weighted by Gasteiger charge is 2.30. The lowest BCUT2D eigenvalue weighted by atomic mass is 9.92. The Morgan fingerprint density at radius 3 is 1.60 bits per heavy atom. The van der Waals surface area contributed by atoms with Crippen molar-refractivity contribution in [3.05, 3.63) is 186 Å². The second kappa shape index (κ2) is 11.3. The highest BCUT2D eigenvalue weighted by molar-refractivity contribution is 6.25. The number of hydrogen-bond acceptors (Lipinski definition) is 3. The summed E-state index contributed by atoms with van der Waals surface area (Å²) in [6.07, 6.45) is -0.679. The van der Waals surface area contributed by atoms with Gasteiger partial charge in [0, 0.05) is 16.5 Å². The molecule has 0 saturated heterocycles. The largest absolute Gasteiger partial charge is 0.452 e. The molecular formula is C46H29FN2O. The van der Waals surface area contributed by atoms with Crippen LogP contribution >= 0.6 is 0 Å². The van der Waals surface area contributed by atoms with E-state index < -0.39 is 6.17 Å². The van der Waals surface area contributed by atoms with E-state index in [4.69, 9.17) is 9.41 Å². The standard InChI is InChI=1S/C46H29FN2O/c47-41-27-38-36-18-10-8-16-34(36)33-15-7-9-17-35(33)37(38)26-39(41)46-48-43(31-13-5-2-6-14-31)45-44(49-46)40-25-32(23-24-42(40)50-45)30-21-19-29(20-22-30)28-11-3-1-4-12-28/h1-27,46,49H. The maximum absolute atomic E-state index is 16.5. The number of anilines is 1. The van der Waals surface area contributed by atoms with Gasteiger partial charge in [-0.25, -0.2) is 4.39 Å². The first-order chi connectivity index (χ1) is 24.7. The molecule has 0 spiro atoms. The van der Waals surface area contributed by atoms with Crippen LogP contribution in [0.3, 0.4) is 0 Å². The van der Waals surface area contributed by atoms with E-state index in [0.29, 0.717) is 17.0 Å². The molecule has 0 aliphatic carbocycles. The third kappa shape index (κ3) is 4.53. The van der Waals surface area contributed by atoms with Gasteiger partial charge in [0.1, 0.15) is 23.3 Å². The van der Waals surface area contributed by atoms with Crippen molar-refractivity contribution in [1.82, 2.24) is 0 Å². The van der Waals surface area contributed by atoms with Crippen LogP contribution in [-0.4, -0.2) is 5.71 Å². The van der Waals surface area contributed by atoms with E-state index in [1.807, 2.05) is 66.7 Å². The number of rotatable bonds is 4. The van der Waals surface area contributed by atoms with Crippen molar-refractivity contribution in [3.8, 4) is 22.3 Å². The molecule has 4 heteroatoms. The summed E-state index contributed by atoms with van der Waals surface area (Å²) in [5, 5.41) is 10.8. The van der Waals surface area contributed by atoms with Crippen LogP contribution in [0.25, 0.3) is 65.5 Å². The Kier molecular flexibility index (Phi) is 6.43. The van der Waals surface area contributed by atoms with Crippen molar-refractivity contribution in [1.29, 1.82) is 0 Å². The molecule has 236 valence electrons. The van der Waals surface area contributed by atoms with Gasteiger partial charge >= 0.3 is 0 Å². The lowest BCUT2D eigenvalue weighted by Gasteiger charge is -2.24. The van der Waals surface area contributed by atoms with Crippen molar-refractivity contribution < 1.29 is 8.81 Å². The highest BCUT2D eigenvalue weighted by atomic mass is 19.1. The normalized spacial score (nSPS) is 14.2. The molecule has 1 unspecified atom stereocenters. The number of nitrogens with zero attached hydrogens (tertiary/aromatic N) is 1. The molecule has 50 heavy (non-hydrogen) atoms. The molecule has 8 aromatic carbocycles. The fraction of sp³-hybridized carbons (Fsp3) is 0.0217. The fourth-order valence-corrected chi connectivity index (χ4v) is 7.53. The van der Waals surface area contributed by atoms with Gasteiger partial charge in [0.2, 0.25) is 0 Å². The minimum Gasteiger partial charge on any atom is -0.452 e. The summed E-state index contributed by atoms with van der Waals surface area (Å²) in [6, 6.07) is 55.5. The molecule has 9 aromatic rings. The second-order valence-electron chi connectivity index (χ2n) is 12.9. The number of benzene rings is 8. The van der Waals surface area contributed by atoms with Gasteiger partial charge in [0.15, 0.2) is 5.76 Å². The average Bonchev–Trinajstić information content (AvgIpc) is 3.56. The lowest BCUT2D eigenvalue weighted by Crippen LogP contribution is -2.20. The molecule has 1 N–H and O–H groups in total. The maximum Gasteiger partial charge on any atom is 0.177 e. The van der Waals surface area contributed by atoms with Crippen LogP contribution in [0.15, 0.2) is 173 Å². The second-order valence-corrected chi connectivity index (χ2v) is 12.9. The first-order valence-electron chi connectivity index (χ1n) is 16.8. The Hall–Kier alpha value is -6.52. The Labute approximate surface area is 288 Å². The predicted octanol–water partition coefficient (Wildman–Crippen LogP) is 12.3. The summed E-state index contributed by atoms with van der Waals surface area (Å²) in [6.45, 7) is 0. The number of fused-ring (bicyclic) bond motifs is 9. The van der Waals surface area contributed by atoms with E-state index in [9.17, 15) is 0 Å². The third-order valence-electron chi connectivity index (χ3n) is 9.97. The average molecular weight is 645 g/mol. The van der Waals surface area contributed by atoms with Crippen molar-refractivity contribution in [2.45, 2.75) is 6.17 Å². The quantitative estimate of drug-likeness (QED) is 0.194. The van der Waals surface area contributed by atoms with E-state index in [1.54, 1.807) is 6.07 Å². The number of aliphatic imine (C=N–C) groups is 1. The number of nitrogens with one attached hydrogen (secondary N) is 1. The van der Waals surface area contributed by atoms with Gasteiger partial charge in [-0.2, -0.15) is 0 Å². The van der Waals surface area contributed by atoms with Crippen molar-refractivity contribution in [3.63, 3.8) is 0 Å². The van der Waals surface area contributed by atoms with Crippen LogP contribution in [-0.2, 0) is 0 Å². The monoisotopic (exact) mass is 644 g/mol. The summed E-state index contributed by atoms with van der Waals surface area (Å²) >= 11 is 0. The summed E-state index contributed by atoms with van der Waals surface area (Å²) in [7, 11) is 0. The molecule has 2 heterocycles. The van der Waals surface area contributed by atoms with Crippen LogP contribution in [0, 0.1) is 5.82 Å². The van der Waals surface area contributed by atoms with E-state index in [2.05, 4.69) is 96.3 Å². The smallest absolute Gasteiger partial charge is 0.177 e. The van der Waals surface area contributed by atoms with Crippen molar-refractivity contribution in [2.75, 3.05) is 5.32 Å². The number of halogens is 1. The predicted molar refractivity (Wildman–Crippen MR) is 204 cm³/mol.